The van der Waals surface area contributed by atoms with Crippen LogP contribution in [0.25, 0.3) is 0 Å². The van der Waals surface area contributed by atoms with Gasteiger partial charge in [0.15, 0.2) is 0 Å². The predicted octanol–water partition coefficient (Wildman–Crippen LogP) is 0.965. The Morgan fingerprint density at radius 3 is 2.53 bits per heavy atom. The first-order valence-corrected chi connectivity index (χ1v) is 5.18. The molecule has 0 aliphatic heterocycles. The van der Waals surface area contributed by atoms with E-state index in [2.05, 4.69) is 10.1 Å². The van der Waals surface area contributed by atoms with Gasteiger partial charge >= 0.3 is 5.97 Å². The molecule has 0 bridgehead atoms. The Kier molecular flexibility index (Phi) is 5.16. The molecule has 0 heterocycles. The van der Waals surface area contributed by atoms with E-state index in [9.17, 15) is 9.59 Å². The number of rotatable bonds is 6. The summed E-state index contributed by atoms with van der Waals surface area (Å²) in [6.45, 7) is -0.0804. The fourth-order valence-corrected chi connectivity index (χ4v) is 1.48. The number of amides is 1. The molecule has 0 saturated heterocycles. The van der Waals surface area contributed by atoms with Crippen LogP contribution in [0.2, 0.25) is 0 Å². The van der Waals surface area contributed by atoms with Crippen molar-refractivity contribution in [2.24, 2.45) is 0 Å². The van der Waals surface area contributed by atoms with Gasteiger partial charge in [0.25, 0.3) is 0 Å². The van der Waals surface area contributed by atoms with Gasteiger partial charge in [0.05, 0.1) is 12.5 Å². The number of carboxylic acid groups (broad SMARTS) is 1. The van der Waals surface area contributed by atoms with Crippen LogP contribution < -0.4 is 5.32 Å². The number of aliphatic carboxylic acids is 1. The van der Waals surface area contributed by atoms with Crippen molar-refractivity contribution in [1.29, 1.82) is 0 Å². The maximum atomic E-state index is 11.4. The number of nitrogens with one attached hydrogen (secondary N) is 1. The summed E-state index contributed by atoms with van der Waals surface area (Å²) in [4.78, 5) is 22.1. The third-order valence-electron chi connectivity index (χ3n) is 2.19. The molecule has 0 aliphatic carbocycles. The molecule has 0 unspecified atom stereocenters. The van der Waals surface area contributed by atoms with Crippen molar-refractivity contribution in [2.75, 3.05) is 13.7 Å². The van der Waals surface area contributed by atoms with Crippen LogP contribution in [0.3, 0.4) is 0 Å². The molecule has 17 heavy (non-hydrogen) atoms. The molecule has 5 nitrogen and oxygen atoms in total. The Balaban J connectivity index is 2.74. The van der Waals surface area contributed by atoms with E-state index in [0.717, 1.165) is 5.56 Å². The van der Waals surface area contributed by atoms with Crippen LogP contribution in [0.5, 0.6) is 0 Å². The molecule has 0 radical (unpaired) electrons. The van der Waals surface area contributed by atoms with Crippen LogP contribution in [0.15, 0.2) is 30.3 Å². The third-order valence-corrected chi connectivity index (χ3v) is 2.19. The lowest BCUT2D eigenvalue weighted by Gasteiger charge is -2.17. The van der Waals surface area contributed by atoms with Crippen LogP contribution in [0.1, 0.15) is 18.0 Å². The van der Waals surface area contributed by atoms with Crippen molar-refractivity contribution in [3.63, 3.8) is 0 Å². The average molecular weight is 237 g/mol. The SMILES string of the molecule is COCC(=O)N[C@H](CC(=O)O)c1ccccc1. The van der Waals surface area contributed by atoms with Crippen molar-refractivity contribution in [3.05, 3.63) is 35.9 Å². The van der Waals surface area contributed by atoms with E-state index >= 15 is 0 Å². The molecular weight excluding hydrogens is 222 g/mol. The highest BCUT2D eigenvalue weighted by atomic mass is 16.5. The second-order valence-corrected chi connectivity index (χ2v) is 3.56. The van der Waals surface area contributed by atoms with Crippen molar-refractivity contribution < 1.29 is 19.4 Å². The molecule has 2 N–H and O–H groups in total. The van der Waals surface area contributed by atoms with Crippen molar-refractivity contribution >= 4 is 11.9 Å². The molecule has 0 spiro atoms. The van der Waals surface area contributed by atoms with Gasteiger partial charge in [-0.1, -0.05) is 30.3 Å². The van der Waals surface area contributed by atoms with E-state index < -0.39 is 12.0 Å². The van der Waals surface area contributed by atoms with E-state index in [1.807, 2.05) is 6.07 Å². The van der Waals surface area contributed by atoms with Gasteiger partial charge < -0.3 is 15.2 Å². The van der Waals surface area contributed by atoms with Crippen LogP contribution in [0.4, 0.5) is 0 Å². The van der Waals surface area contributed by atoms with Gasteiger partial charge in [-0.05, 0) is 5.56 Å². The minimum Gasteiger partial charge on any atom is -0.481 e. The monoisotopic (exact) mass is 237 g/mol. The molecule has 0 aliphatic rings. The molecule has 1 amide bonds. The summed E-state index contributed by atoms with van der Waals surface area (Å²) in [5.41, 5.74) is 0.763. The van der Waals surface area contributed by atoms with Gasteiger partial charge in [-0.15, -0.1) is 0 Å². The highest BCUT2D eigenvalue weighted by molar-refractivity contribution is 5.78. The number of hydrogen-bond acceptors (Lipinski definition) is 3. The van der Waals surface area contributed by atoms with Gasteiger partial charge in [0, 0.05) is 7.11 Å². The number of carbonyl (C=O) groups excluding carboxylic acids is 1. The standard InChI is InChI=1S/C12H15NO4/c1-17-8-11(14)13-10(7-12(15)16)9-5-3-2-4-6-9/h2-6,10H,7-8H2,1H3,(H,13,14)(H,15,16)/t10-/m1/s1. The molecule has 1 atom stereocenters. The second kappa shape index (κ2) is 6.65. The molecule has 92 valence electrons. The lowest BCUT2D eigenvalue weighted by molar-refractivity contribution is -0.137. The van der Waals surface area contributed by atoms with E-state index in [-0.39, 0.29) is 18.9 Å². The normalized spacial score (nSPS) is 11.8. The molecular formula is C12H15NO4. The third kappa shape index (κ3) is 4.65. The highest BCUT2D eigenvalue weighted by Gasteiger charge is 2.17. The molecule has 1 aromatic carbocycles. The predicted molar refractivity (Wildman–Crippen MR) is 61.5 cm³/mol. The quantitative estimate of drug-likeness (QED) is 0.772. The van der Waals surface area contributed by atoms with E-state index in [1.165, 1.54) is 7.11 Å². The Hall–Kier alpha value is -1.88. The van der Waals surface area contributed by atoms with Gasteiger partial charge in [0.1, 0.15) is 6.61 Å². The van der Waals surface area contributed by atoms with Crippen molar-refractivity contribution in [3.8, 4) is 0 Å². The highest BCUT2D eigenvalue weighted by Crippen LogP contribution is 2.16. The maximum absolute atomic E-state index is 11.4. The Morgan fingerprint density at radius 2 is 2.00 bits per heavy atom. The number of methoxy groups -OCH3 is 1. The van der Waals surface area contributed by atoms with Gasteiger partial charge in [-0.3, -0.25) is 9.59 Å². The molecule has 0 aromatic heterocycles. The van der Waals surface area contributed by atoms with Gasteiger partial charge in [-0.25, -0.2) is 0 Å². The van der Waals surface area contributed by atoms with E-state index in [0.29, 0.717) is 0 Å². The fraction of sp³-hybridized carbons (Fsp3) is 0.333. The number of benzene rings is 1. The van der Waals surface area contributed by atoms with Gasteiger partial charge in [-0.2, -0.15) is 0 Å². The molecule has 5 heteroatoms. The first kappa shape index (κ1) is 13.2. The Labute approximate surface area is 99.4 Å². The van der Waals surface area contributed by atoms with E-state index in [4.69, 9.17) is 5.11 Å². The fourth-order valence-electron chi connectivity index (χ4n) is 1.48. The minimum atomic E-state index is -0.962. The summed E-state index contributed by atoms with van der Waals surface area (Å²) in [5, 5.41) is 11.4. The van der Waals surface area contributed by atoms with E-state index in [1.54, 1.807) is 24.3 Å². The largest absolute Gasteiger partial charge is 0.481 e. The van der Waals surface area contributed by atoms with Crippen molar-refractivity contribution in [1.82, 2.24) is 5.32 Å². The zero-order valence-electron chi connectivity index (χ0n) is 9.55. The van der Waals surface area contributed by atoms with Crippen LogP contribution >= 0.6 is 0 Å². The second-order valence-electron chi connectivity index (χ2n) is 3.56. The number of carboxylic acids is 1. The maximum Gasteiger partial charge on any atom is 0.305 e. The minimum absolute atomic E-state index is 0.0804. The first-order valence-electron chi connectivity index (χ1n) is 5.18. The zero-order chi connectivity index (χ0) is 12.7. The summed E-state index contributed by atoms with van der Waals surface area (Å²) in [5.74, 6) is -1.29. The van der Waals surface area contributed by atoms with Crippen molar-refractivity contribution in [2.45, 2.75) is 12.5 Å². The molecule has 1 rings (SSSR count). The summed E-state index contributed by atoms with van der Waals surface area (Å²) < 4.78 is 4.69. The average Bonchev–Trinajstić information content (AvgIpc) is 2.29. The Morgan fingerprint density at radius 1 is 1.35 bits per heavy atom. The van der Waals surface area contributed by atoms with Crippen LogP contribution in [-0.2, 0) is 14.3 Å². The Bertz CT molecular complexity index is 377. The molecule has 1 aromatic rings. The van der Waals surface area contributed by atoms with Gasteiger partial charge in [0.2, 0.25) is 5.91 Å². The lowest BCUT2D eigenvalue weighted by atomic mass is 10.0. The first-order chi connectivity index (χ1) is 8.13. The smallest absolute Gasteiger partial charge is 0.305 e. The summed E-state index contributed by atoms with van der Waals surface area (Å²) >= 11 is 0. The number of carbonyl (C=O) groups is 2. The molecule has 0 saturated carbocycles. The number of hydrogen-bond donors (Lipinski definition) is 2. The van der Waals surface area contributed by atoms with Crippen LogP contribution in [-0.4, -0.2) is 30.7 Å². The number of ether oxygens (including phenoxy) is 1. The summed E-state index contributed by atoms with van der Waals surface area (Å²) in [6.07, 6.45) is -0.153. The summed E-state index contributed by atoms with van der Waals surface area (Å²) in [6, 6.07) is 8.45. The lowest BCUT2D eigenvalue weighted by Crippen LogP contribution is -2.32. The van der Waals surface area contributed by atoms with Crippen LogP contribution in [0, 0.1) is 0 Å². The topological polar surface area (TPSA) is 75.6 Å². The molecule has 0 fully saturated rings. The zero-order valence-corrected chi connectivity index (χ0v) is 9.55. The summed E-state index contributed by atoms with van der Waals surface area (Å²) in [7, 11) is 1.41.